The summed E-state index contributed by atoms with van der Waals surface area (Å²) in [5, 5.41) is 0. The molecule has 0 aromatic heterocycles. The van der Waals surface area contributed by atoms with Gasteiger partial charge in [-0.05, 0) is 24.6 Å². The molecule has 1 atom stereocenters. The Morgan fingerprint density at radius 3 is 2.52 bits per heavy atom. The van der Waals surface area contributed by atoms with Crippen molar-refractivity contribution < 1.29 is 22.1 Å². The third kappa shape index (κ3) is 3.18. The number of fused-ring (bicyclic) bond motifs is 1. The van der Waals surface area contributed by atoms with Crippen LogP contribution in [0, 0.1) is 6.92 Å². The Labute approximate surface area is 137 Å². The minimum absolute atomic E-state index is 0.0886. The fourth-order valence-corrected chi connectivity index (χ4v) is 3.76. The van der Waals surface area contributed by atoms with Crippen LogP contribution in [-0.2, 0) is 20.3 Å². The van der Waals surface area contributed by atoms with Gasteiger partial charge in [-0.25, -0.2) is 0 Å². The van der Waals surface area contributed by atoms with Gasteiger partial charge in [-0.3, -0.25) is 4.90 Å². The topological polar surface area (TPSA) is 65.1 Å². The Hall–Kier alpha value is -1.31. The summed E-state index contributed by atoms with van der Waals surface area (Å²) in [6, 6.07) is 3.66. The van der Waals surface area contributed by atoms with Crippen LogP contribution in [0.3, 0.4) is 0 Å². The first kappa shape index (κ1) is 16.5. The molecule has 1 aromatic rings. The van der Waals surface area contributed by atoms with E-state index in [1.165, 1.54) is 0 Å². The summed E-state index contributed by atoms with van der Waals surface area (Å²) in [6.07, 6.45) is 0.965. The van der Waals surface area contributed by atoms with E-state index >= 15 is 0 Å². The van der Waals surface area contributed by atoms with Crippen LogP contribution in [0.15, 0.2) is 12.1 Å². The Morgan fingerprint density at radius 2 is 1.91 bits per heavy atom. The maximum atomic E-state index is 11.5. The third-order valence-electron chi connectivity index (χ3n) is 4.45. The number of morpholine rings is 1. The van der Waals surface area contributed by atoms with E-state index in [2.05, 4.69) is 18.7 Å². The zero-order chi connectivity index (χ0) is 16.8. The molecule has 0 spiro atoms. The SMILES string of the molecule is Cc1cc2c(cc1OS(C)(=O)=O)C(C)(C)C(N1CCOCC1)O2. The van der Waals surface area contributed by atoms with Crippen LogP contribution in [0.2, 0.25) is 0 Å². The van der Waals surface area contributed by atoms with Crippen molar-refractivity contribution in [3.63, 3.8) is 0 Å². The summed E-state index contributed by atoms with van der Waals surface area (Å²) in [7, 11) is -3.56. The largest absolute Gasteiger partial charge is 0.474 e. The van der Waals surface area contributed by atoms with Crippen molar-refractivity contribution in [3.05, 3.63) is 23.3 Å². The molecule has 0 bridgehead atoms. The number of benzene rings is 1. The molecule has 1 fully saturated rings. The van der Waals surface area contributed by atoms with Crippen LogP contribution in [0.25, 0.3) is 0 Å². The molecule has 1 unspecified atom stereocenters. The first-order valence-electron chi connectivity index (χ1n) is 7.71. The van der Waals surface area contributed by atoms with Crippen molar-refractivity contribution in [3.8, 4) is 11.5 Å². The fourth-order valence-electron chi connectivity index (χ4n) is 3.26. The lowest BCUT2D eigenvalue weighted by Crippen LogP contribution is -2.52. The van der Waals surface area contributed by atoms with Gasteiger partial charge in [0.25, 0.3) is 0 Å². The third-order valence-corrected chi connectivity index (χ3v) is 4.93. The first-order chi connectivity index (χ1) is 10.7. The Bertz CT molecular complexity index is 707. The summed E-state index contributed by atoms with van der Waals surface area (Å²) in [4.78, 5) is 2.27. The van der Waals surface area contributed by atoms with Gasteiger partial charge in [0.1, 0.15) is 11.5 Å². The quantitative estimate of drug-likeness (QED) is 0.779. The molecule has 23 heavy (non-hydrogen) atoms. The van der Waals surface area contributed by atoms with Crippen molar-refractivity contribution in [2.45, 2.75) is 32.4 Å². The molecule has 7 heteroatoms. The molecule has 0 aliphatic carbocycles. The van der Waals surface area contributed by atoms with Crippen LogP contribution in [-0.4, -0.2) is 52.1 Å². The number of hydrogen-bond donors (Lipinski definition) is 0. The van der Waals surface area contributed by atoms with E-state index in [0.717, 1.165) is 36.2 Å². The van der Waals surface area contributed by atoms with Crippen LogP contribution in [0.1, 0.15) is 25.0 Å². The highest BCUT2D eigenvalue weighted by Crippen LogP contribution is 2.46. The van der Waals surface area contributed by atoms with Gasteiger partial charge in [0, 0.05) is 24.1 Å². The lowest BCUT2D eigenvalue weighted by atomic mass is 9.83. The molecule has 0 radical (unpaired) electrons. The monoisotopic (exact) mass is 341 g/mol. The number of rotatable bonds is 3. The maximum Gasteiger partial charge on any atom is 0.306 e. The minimum Gasteiger partial charge on any atom is -0.474 e. The minimum atomic E-state index is -3.56. The second-order valence-corrected chi connectivity index (χ2v) is 8.32. The smallest absolute Gasteiger partial charge is 0.306 e. The molecule has 1 aromatic carbocycles. The number of ether oxygens (including phenoxy) is 2. The van der Waals surface area contributed by atoms with Gasteiger partial charge in [-0.15, -0.1) is 0 Å². The van der Waals surface area contributed by atoms with Gasteiger partial charge in [-0.1, -0.05) is 13.8 Å². The van der Waals surface area contributed by atoms with Gasteiger partial charge in [0.2, 0.25) is 0 Å². The molecule has 128 valence electrons. The van der Waals surface area contributed by atoms with Crippen molar-refractivity contribution >= 4 is 10.1 Å². The number of hydrogen-bond acceptors (Lipinski definition) is 6. The zero-order valence-electron chi connectivity index (χ0n) is 14.0. The van der Waals surface area contributed by atoms with E-state index in [0.29, 0.717) is 19.0 Å². The highest BCUT2D eigenvalue weighted by Gasteiger charge is 2.45. The van der Waals surface area contributed by atoms with E-state index < -0.39 is 10.1 Å². The molecule has 3 rings (SSSR count). The molecule has 1 saturated heterocycles. The van der Waals surface area contributed by atoms with E-state index in [-0.39, 0.29) is 11.6 Å². The predicted molar refractivity (Wildman–Crippen MR) is 86.5 cm³/mol. The average Bonchev–Trinajstić information content (AvgIpc) is 2.70. The molecule has 2 heterocycles. The second kappa shape index (κ2) is 5.65. The van der Waals surface area contributed by atoms with Crippen LogP contribution >= 0.6 is 0 Å². The van der Waals surface area contributed by atoms with Gasteiger partial charge < -0.3 is 13.7 Å². The summed E-state index contributed by atoms with van der Waals surface area (Å²) in [6.45, 7) is 9.10. The maximum absolute atomic E-state index is 11.5. The van der Waals surface area contributed by atoms with Gasteiger partial charge in [0.15, 0.2) is 6.23 Å². The van der Waals surface area contributed by atoms with Crippen molar-refractivity contribution in [2.24, 2.45) is 0 Å². The van der Waals surface area contributed by atoms with Crippen LogP contribution in [0.5, 0.6) is 11.5 Å². The number of nitrogens with zero attached hydrogens (tertiary/aromatic N) is 1. The molecule has 0 saturated carbocycles. The fraction of sp³-hybridized carbons (Fsp3) is 0.625. The van der Waals surface area contributed by atoms with Crippen molar-refractivity contribution in [1.29, 1.82) is 0 Å². The second-order valence-electron chi connectivity index (χ2n) is 6.74. The Morgan fingerprint density at radius 1 is 1.26 bits per heavy atom. The van der Waals surface area contributed by atoms with Crippen LogP contribution in [0.4, 0.5) is 0 Å². The zero-order valence-corrected chi connectivity index (χ0v) is 14.8. The summed E-state index contributed by atoms with van der Waals surface area (Å²) < 4.78 is 39.6. The standard InChI is InChI=1S/C16H23NO5S/c1-11-9-14-12(10-13(11)22-23(4,18)19)16(2,3)15(21-14)17-5-7-20-8-6-17/h9-10,15H,5-8H2,1-4H3. The summed E-state index contributed by atoms with van der Waals surface area (Å²) in [5.41, 5.74) is 1.45. The molecule has 2 aliphatic heterocycles. The normalized spacial score (nSPS) is 24.1. The van der Waals surface area contributed by atoms with E-state index in [1.807, 2.05) is 13.0 Å². The Balaban J connectivity index is 1.95. The summed E-state index contributed by atoms with van der Waals surface area (Å²) in [5.74, 6) is 1.16. The lowest BCUT2D eigenvalue weighted by molar-refractivity contribution is -0.0612. The summed E-state index contributed by atoms with van der Waals surface area (Å²) >= 11 is 0. The predicted octanol–water partition coefficient (Wildman–Crippen LogP) is 1.66. The highest BCUT2D eigenvalue weighted by atomic mass is 32.2. The molecule has 6 nitrogen and oxygen atoms in total. The number of aryl methyl sites for hydroxylation is 1. The average molecular weight is 341 g/mol. The van der Waals surface area contributed by atoms with E-state index in [1.54, 1.807) is 6.07 Å². The molecular formula is C16H23NO5S. The molecular weight excluding hydrogens is 318 g/mol. The van der Waals surface area contributed by atoms with Gasteiger partial charge >= 0.3 is 10.1 Å². The molecule has 2 aliphatic rings. The molecule has 0 amide bonds. The Kier molecular flexibility index (Phi) is 4.06. The van der Waals surface area contributed by atoms with E-state index in [9.17, 15) is 8.42 Å². The van der Waals surface area contributed by atoms with Crippen LogP contribution < -0.4 is 8.92 Å². The lowest BCUT2D eigenvalue weighted by Gasteiger charge is -2.38. The van der Waals surface area contributed by atoms with Gasteiger partial charge in [0.05, 0.1) is 19.5 Å². The van der Waals surface area contributed by atoms with Gasteiger partial charge in [-0.2, -0.15) is 8.42 Å². The van der Waals surface area contributed by atoms with Crippen molar-refractivity contribution in [1.82, 2.24) is 4.90 Å². The van der Waals surface area contributed by atoms with Crippen molar-refractivity contribution in [2.75, 3.05) is 32.6 Å². The highest BCUT2D eigenvalue weighted by molar-refractivity contribution is 7.86. The first-order valence-corrected chi connectivity index (χ1v) is 9.53. The van der Waals surface area contributed by atoms with E-state index in [4.69, 9.17) is 13.7 Å². The molecule has 0 N–H and O–H groups in total.